The first kappa shape index (κ1) is 13.4. The van der Waals surface area contributed by atoms with Crippen LogP contribution in [0.15, 0.2) is 33.8 Å². The standard InChI is InChI=1S/C11H12BrN3O2/c1-2-9(14-15-11(17)10(13)16)7-4-3-5-8(12)6-7/h3-6H,2H2,1H3,(H2,13,16)(H,15,17)/b14-9-. The SMILES string of the molecule is CC/C(=N/NC(=O)C(N)=O)c1cccc(Br)c1. The van der Waals surface area contributed by atoms with Crippen molar-refractivity contribution >= 4 is 33.5 Å². The second-order valence-corrected chi connectivity index (χ2v) is 4.14. The Morgan fingerprint density at radius 1 is 1.47 bits per heavy atom. The molecule has 0 saturated heterocycles. The highest BCUT2D eigenvalue weighted by Crippen LogP contribution is 2.13. The molecule has 0 spiro atoms. The average Bonchev–Trinajstić information content (AvgIpc) is 2.29. The smallest absolute Gasteiger partial charge is 0.329 e. The molecule has 1 rings (SSSR count). The van der Waals surface area contributed by atoms with E-state index in [0.717, 1.165) is 10.0 Å². The summed E-state index contributed by atoms with van der Waals surface area (Å²) in [5.74, 6) is -1.98. The van der Waals surface area contributed by atoms with E-state index in [1.54, 1.807) is 0 Å². The Morgan fingerprint density at radius 3 is 2.71 bits per heavy atom. The molecule has 0 fully saturated rings. The van der Waals surface area contributed by atoms with E-state index in [9.17, 15) is 9.59 Å². The van der Waals surface area contributed by atoms with Gasteiger partial charge in [0, 0.05) is 4.47 Å². The number of nitrogens with one attached hydrogen (secondary N) is 1. The minimum atomic E-state index is -1.06. The highest BCUT2D eigenvalue weighted by molar-refractivity contribution is 9.10. The first-order valence-corrected chi connectivity index (χ1v) is 5.76. The van der Waals surface area contributed by atoms with Crippen molar-refractivity contribution in [2.75, 3.05) is 0 Å². The van der Waals surface area contributed by atoms with Crippen LogP contribution in [-0.2, 0) is 9.59 Å². The monoisotopic (exact) mass is 297 g/mol. The molecule has 0 aliphatic heterocycles. The lowest BCUT2D eigenvalue weighted by Gasteiger charge is -2.04. The van der Waals surface area contributed by atoms with Gasteiger partial charge in [-0.05, 0) is 24.1 Å². The molecule has 5 nitrogen and oxygen atoms in total. The van der Waals surface area contributed by atoms with E-state index < -0.39 is 11.8 Å². The Labute approximate surface area is 107 Å². The van der Waals surface area contributed by atoms with Gasteiger partial charge in [0.05, 0.1) is 5.71 Å². The fourth-order valence-electron chi connectivity index (χ4n) is 1.19. The number of rotatable bonds is 3. The lowest BCUT2D eigenvalue weighted by atomic mass is 10.1. The molecule has 0 aromatic heterocycles. The maximum Gasteiger partial charge on any atom is 0.329 e. The van der Waals surface area contributed by atoms with E-state index in [-0.39, 0.29) is 0 Å². The number of nitrogens with zero attached hydrogens (tertiary/aromatic N) is 1. The van der Waals surface area contributed by atoms with Crippen LogP contribution in [0.25, 0.3) is 0 Å². The first-order valence-electron chi connectivity index (χ1n) is 4.97. The normalized spacial score (nSPS) is 11.1. The minimum absolute atomic E-state index is 0.621. The number of nitrogens with two attached hydrogens (primary N) is 1. The number of hydrazone groups is 1. The molecule has 0 unspecified atom stereocenters. The molecular weight excluding hydrogens is 286 g/mol. The summed E-state index contributed by atoms with van der Waals surface area (Å²) in [6.07, 6.45) is 0.621. The molecule has 0 atom stereocenters. The summed E-state index contributed by atoms with van der Waals surface area (Å²) in [7, 11) is 0. The van der Waals surface area contributed by atoms with Crippen LogP contribution >= 0.6 is 15.9 Å². The molecule has 17 heavy (non-hydrogen) atoms. The van der Waals surface area contributed by atoms with Crippen molar-refractivity contribution in [2.24, 2.45) is 10.8 Å². The highest BCUT2D eigenvalue weighted by atomic mass is 79.9. The number of hydrogen-bond donors (Lipinski definition) is 2. The van der Waals surface area contributed by atoms with Crippen LogP contribution in [0.2, 0.25) is 0 Å². The van der Waals surface area contributed by atoms with E-state index in [1.807, 2.05) is 31.2 Å². The van der Waals surface area contributed by atoms with Crippen LogP contribution in [-0.4, -0.2) is 17.5 Å². The molecule has 6 heteroatoms. The van der Waals surface area contributed by atoms with E-state index in [4.69, 9.17) is 5.73 Å². The Morgan fingerprint density at radius 2 is 2.18 bits per heavy atom. The Balaban J connectivity index is 2.88. The lowest BCUT2D eigenvalue weighted by molar-refractivity contribution is -0.137. The zero-order chi connectivity index (χ0) is 12.8. The molecular formula is C11H12BrN3O2. The Hall–Kier alpha value is -1.69. The topological polar surface area (TPSA) is 84.6 Å². The fourth-order valence-corrected chi connectivity index (χ4v) is 1.59. The molecule has 0 radical (unpaired) electrons. The summed E-state index contributed by atoms with van der Waals surface area (Å²) in [5, 5.41) is 3.87. The van der Waals surface area contributed by atoms with Gasteiger partial charge in [-0.3, -0.25) is 9.59 Å². The van der Waals surface area contributed by atoms with E-state index in [1.165, 1.54) is 0 Å². The summed E-state index contributed by atoms with van der Waals surface area (Å²) < 4.78 is 0.914. The number of primary amides is 1. The largest absolute Gasteiger partial charge is 0.361 e. The van der Waals surface area contributed by atoms with Crippen molar-refractivity contribution in [1.29, 1.82) is 0 Å². The second-order valence-electron chi connectivity index (χ2n) is 3.23. The number of carbonyl (C=O) groups is 2. The van der Waals surface area contributed by atoms with Crippen molar-refractivity contribution in [2.45, 2.75) is 13.3 Å². The van der Waals surface area contributed by atoms with E-state index in [2.05, 4.69) is 26.5 Å². The van der Waals surface area contributed by atoms with Crippen molar-refractivity contribution in [1.82, 2.24) is 5.43 Å². The Bertz CT molecular complexity index is 472. The Kier molecular flexibility index (Phi) is 4.84. The van der Waals surface area contributed by atoms with Gasteiger partial charge in [-0.1, -0.05) is 35.0 Å². The maximum atomic E-state index is 11.0. The zero-order valence-electron chi connectivity index (χ0n) is 9.24. The zero-order valence-corrected chi connectivity index (χ0v) is 10.8. The predicted octanol–water partition coefficient (Wildman–Crippen LogP) is 1.16. The molecule has 3 N–H and O–H groups in total. The van der Waals surface area contributed by atoms with Gasteiger partial charge in [0.1, 0.15) is 0 Å². The molecule has 90 valence electrons. The summed E-state index contributed by atoms with van der Waals surface area (Å²) in [5.41, 5.74) is 8.44. The maximum absolute atomic E-state index is 11.0. The summed E-state index contributed by atoms with van der Waals surface area (Å²) in [4.78, 5) is 21.5. The molecule has 2 amide bonds. The van der Waals surface area contributed by atoms with Gasteiger partial charge in [0.2, 0.25) is 0 Å². The quantitative estimate of drug-likeness (QED) is 0.498. The third-order valence-electron chi connectivity index (χ3n) is 2.01. The van der Waals surface area contributed by atoms with Gasteiger partial charge in [-0.15, -0.1) is 0 Å². The van der Waals surface area contributed by atoms with Crippen molar-refractivity contribution in [3.8, 4) is 0 Å². The number of halogens is 1. The molecule has 0 heterocycles. The van der Waals surface area contributed by atoms with Crippen LogP contribution in [0.3, 0.4) is 0 Å². The van der Waals surface area contributed by atoms with Crippen LogP contribution in [0.5, 0.6) is 0 Å². The van der Waals surface area contributed by atoms with Crippen LogP contribution in [0.1, 0.15) is 18.9 Å². The molecule has 0 aliphatic rings. The number of carbonyl (C=O) groups excluding carboxylic acids is 2. The third kappa shape index (κ3) is 3.99. The summed E-state index contributed by atoms with van der Waals surface area (Å²) in [6.45, 7) is 1.90. The minimum Gasteiger partial charge on any atom is -0.361 e. The predicted molar refractivity (Wildman–Crippen MR) is 68.3 cm³/mol. The van der Waals surface area contributed by atoms with Gasteiger partial charge in [0.15, 0.2) is 0 Å². The average molecular weight is 298 g/mol. The fraction of sp³-hybridized carbons (Fsp3) is 0.182. The first-order chi connectivity index (χ1) is 8.04. The third-order valence-corrected chi connectivity index (χ3v) is 2.50. The summed E-state index contributed by atoms with van der Waals surface area (Å²) >= 11 is 3.35. The van der Waals surface area contributed by atoms with Crippen molar-refractivity contribution in [3.63, 3.8) is 0 Å². The molecule has 0 saturated carbocycles. The van der Waals surface area contributed by atoms with Crippen molar-refractivity contribution in [3.05, 3.63) is 34.3 Å². The van der Waals surface area contributed by atoms with Crippen molar-refractivity contribution < 1.29 is 9.59 Å². The molecule has 0 aliphatic carbocycles. The lowest BCUT2D eigenvalue weighted by Crippen LogP contribution is -2.33. The van der Waals surface area contributed by atoms with Gasteiger partial charge in [0.25, 0.3) is 0 Å². The number of hydrogen-bond acceptors (Lipinski definition) is 3. The van der Waals surface area contributed by atoms with Gasteiger partial charge in [-0.2, -0.15) is 5.10 Å². The molecule has 0 bridgehead atoms. The van der Waals surface area contributed by atoms with Crippen LogP contribution < -0.4 is 11.2 Å². The number of benzene rings is 1. The van der Waals surface area contributed by atoms with Crippen LogP contribution in [0, 0.1) is 0 Å². The van der Waals surface area contributed by atoms with E-state index >= 15 is 0 Å². The molecule has 1 aromatic carbocycles. The van der Waals surface area contributed by atoms with Gasteiger partial charge >= 0.3 is 11.8 Å². The highest BCUT2D eigenvalue weighted by Gasteiger charge is 2.08. The second kappa shape index (κ2) is 6.15. The number of amides is 2. The van der Waals surface area contributed by atoms with Crippen LogP contribution in [0.4, 0.5) is 0 Å². The molecule has 1 aromatic rings. The van der Waals surface area contributed by atoms with Gasteiger partial charge < -0.3 is 5.73 Å². The summed E-state index contributed by atoms with van der Waals surface area (Å²) in [6, 6.07) is 7.49. The van der Waals surface area contributed by atoms with Gasteiger partial charge in [-0.25, -0.2) is 5.43 Å². The van der Waals surface area contributed by atoms with E-state index in [0.29, 0.717) is 12.1 Å².